The molecule has 0 radical (unpaired) electrons. The molecule has 0 aliphatic rings. The first-order valence-corrected chi connectivity index (χ1v) is 4.55. The third-order valence-electron chi connectivity index (χ3n) is 1.81. The maximum atomic E-state index is 10.4. The van der Waals surface area contributed by atoms with E-state index in [4.69, 9.17) is 4.74 Å². The zero-order valence-electron chi connectivity index (χ0n) is 8.32. The van der Waals surface area contributed by atoms with Crippen LogP contribution in [0.4, 0.5) is 0 Å². The first kappa shape index (κ1) is 10.5. The monoisotopic (exact) mass is 190 g/mol. The van der Waals surface area contributed by atoms with Crippen LogP contribution in [-0.4, -0.2) is 12.9 Å². The summed E-state index contributed by atoms with van der Waals surface area (Å²) in [4.78, 5) is 10.4. The van der Waals surface area contributed by atoms with E-state index in [-0.39, 0.29) is 0 Å². The molecular weight excluding hydrogens is 176 g/mol. The van der Waals surface area contributed by atoms with Gasteiger partial charge in [0.1, 0.15) is 12.0 Å². The Labute approximate surface area is 84.2 Å². The Kier molecular flexibility index (Phi) is 3.92. The Hall–Kier alpha value is -1.57. The van der Waals surface area contributed by atoms with E-state index in [1.807, 2.05) is 6.92 Å². The fraction of sp³-hybridized carbons (Fsp3) is 0.250. The lowest BCUT2D eigenvalue weighted by Crippen LogP contribution is -1.97. The Morgan fingerprint density at radius 2 is 2.07 bits per heavy atom. The molecule has 0 heterocycles. The zero-order valence-corrected chi connectivity index (χ0v) is 8.32. The van der Waals surface area contributed by atoms with Gasteiger partial charge in [0.2, 0.25) is 0 Å². The van der Waals surface area contributed by atoms with E-state index < -0.39 is 0 Å². The predicted molar refractivity (Wildman–Crippen MR) is 56.8 cm³/mol. The number of aldehydes is 1. The van der Waals surface area contributed by atoms with E-state index in [0.717, 1.165) is 24.0 Å². The second kappa shape index (κ2) is 5.22. The summed E-state index contributed by atoms with van der Waals surface area (Å²) in [5, 5.41) is 0. The van der Waals surface area contributed by atoms with E-state index in [1.54, 1.807) is 24.3 Å². The first-order chi connectivity index (χ1) is 6.72. The molecule has 1 rings (SSSR count). The highest BCUT2D eigenvalue weighted by molar-refractivity contribution is 5.74. The van der Waals surface area contributed by atoms with Crippen molar-refractivity contribution in [3.8, 4) is 5.75 Å². The lowest BCUT2D eigenvalue weighted by atomic mass is 10.2. The summed E-state index contributed by atoms with van der Waals surface area (Å²) in [6.45, 7) is 6.39. The summed E-state index contributed by atoms with van der Waals surface area (Å²) < 4.78 is 5.44. The van der Waals surface area contributed by atoms with Gasteiger partial charge in [0.25, 0.3) is 0 Å². The SMILES string of the molecule is C=C(C)CCOc1ccc(C=O)cc1. The van der Waals surface area contributed by atoms with Gasteiger partial charge in [0, 0.05) is 12.0 Å². The molecule has 0 aliphatic heterocycles. The minimum absolute atomic E-state index is 0.635. The number of ether oxygens (including phenoxy) is 1. The van der Waals surface area contributed by atoms with E-state index in [1.165, 1.54) is 0 Å². The summed E-state index contributed by atoms with van der Waals surface area (Å²) in [7, 11) is 0. The molecule has 0 amide bonds. The van der Waals surface area contributed by atoms with Gasteiger partial charge < -0.3 is 4.74 Å². The van der Waals surface area contributed by atoms with E-state index in [9.17, 15) is 4.79 Å². The number of rotatable bonds is 5. The van der Waals surface area contributed by atoms with Crippen molar-refractivity contribution in [1.82, 2.24) is 0 Å². The van der Waals surface area contributed by atoms with Gasteiger partial charge in [-0.1, -0.05) is 5.57 Å². The van der Waals surface area contributed by atoms with Crippen molar-refractivity contribution in [1.29, 1.82) is 0 Å². The highest BCUT2D eigenvalue weighted by Crippen LogP contribution is 2.11. The van der Waals surface area contributed by atoms with Gasteiger partial charge in [-0.15, -0.1) is 6.58 Å². The predicted octanol–water partition coefficient (Wildman–Crippen LogP) is 2.84. The molecule has 0 saturated heterocycles. The van der Waals surface area contributed by atoms with Crippen molar-refractivity contribution in [2.45, 2.75) is 13.3 Å². The maximum Gasteiger partial charge on any atom is 0.150 e. The minimum Gasteiger partial charge on any atom is -0.493 e. The average Bonchev–Trinajstić information content (AvgIpc) is 2.18. The van der Waals surface area contributed by atoms with E-state index in [2.05, 4.69) is 6.58 Å². The molecular formula is C12H14O2. The van der Waals surface area contributed by atoms with Crippen LogP contribution in [0.25, 0.3) is 0 Å². The Balaban J connectivity index is 2.43. The van der Waals surface area contributed by atoms with Crippen molar-refractivity contribution in [3.63, 3.8) is 0 Å². The molecule has 1 aromatic carbocycles. The van der Waals surface area contributed by atoms with Gasteiger partial charge in [-0.25, -0.2) is 0 Å². The fourth-order valence-corrected chi connectivity index (χ4v) is 0.986. The molecule has 0 N–H and O–H groups in total. The number of benzene rings is 1. The summed E-state index contributed by atoms with van der Waals surface area (Å²) in [6.07, 6.45) is 1.67. The van der Waals surface area contributed by atoms with Crippen LogP contribution < -0.4 is 4.74 Å². The normalized spacial score (nSPS) is 9.50. The number of carbonyl (C=O) groups excluding carboxylic acids is 1. The minimum atomic E-state index is 0.635. The molecule has 74 valence electrons. The molecule has 2 heteroatoms. The number of hydrogen-bond acceptors (Lipinski definition) is 2. The molecule has 0 atom stereocenters. The molecule has 0 fully saturated rings. The topological polar surface area (TPSA) is 26.3 Å². The molecule has 2 nitrogen and oxygen atoms in total. The smallest absolute Gasteiger partial charge is 0.150 e. The summed E-state index contributed by atoms with van der Waals surface area (Å²) in [5.41, 5.74) is 1.77. The third-order valence-corrected chi connectivity index (χ3v) is 1.81. The van der Waals surface area contributed by atoms with Gasteiger partial charge >= 0.3 is 0 Å². The van der Waals surface area contributed by atoms with Gasteiger partial charge in [-0.3, -0.25) is 4.79 Å². The highest BCUT2D eigenvalue weighted by Gasteiger charge is 1.94. The zero-order chi connectivity index (χ0) is 10.4. The average molecular weight is 190 g/mol. The molecule has 0 aromatic heterocycles. The largest absolute Gasteiger partial charge is 0.493 e. The summed E-state index contributed by atoms with van der Waals surface area (Å²) in [6, 6.07) is 7.07. The van der Waals surface area contributed by atoms with E-state index in [0.29, 0.717) is 12.2 Å². The van der Waals surface area contributed by atoms with E-state index >= 15 is 0 Å². The van der Waals surface area contributed by atoms with Crippen molar-refractivity contribution >= 4 is 6.29 Å². The van der Waals surface area contributed by atoms with Crippen molar-refractivity contribution in [2.75, 3.05) is 6.61 Å². The van der Waals surface area contributed by atoms with Crippen LogP contribution >= 0.6 is 0 Å². The number of hydrogen-bond donors (Lipinski definition) is 0. The lowest BCUT2D eigenvalue weighted by Gasteiger charge is -2.05. The van der Waals surface area contributed by atoms with Gasteiger partial charge in [0.15, 0.2) is 0 Å². The highest BCUT2D eigenvalue weighted by atomic mass is 16.5. The Bertz CT molecular complexity index is 312. The maximum absolute atomic E-state index is 10.4. The second-order valence-corrected chi connectivity index (χ2v) is 3.24. The van der Waals surface area contributed by atoms with Gasteiger partial charge in [-0.2, -0.15) is 0 Å². The van der Waals surface area contributed by atoms with Crippen LogP contribution in [-0.2, 0) is 0 Å². The standard InChI is InChI=1S/C12H14O2/c1-10(2)7-8-14-12-5-3-11(9-13)4-6-12/h3-6,9H,1,7-8H2,2H3. The molecule has 0 aliphatic carbocycles. The molecule has 1 aromatic rings. The van der Waals surface area contributed by atoms with Crippen LogP contribution in [0.1, 0.15) is 23.7 Å². The number of carbonyl (C=O) groups is 1. The molecule has 0 unspecified atom stereocenters. The van der Waals surface area contributed by atoms with Crippen LogP contribution in [0.3, 0.4) is 0 Å². The quantitative estimate of drug-likeness (QED) is 0.527. The third kappa shape index (κ3) is 3.44. The lowest BCUT2D eigenvalue weighted by molar-refractivity contribution is 0.112. The molecule has 0 spiro atoms. The summed E-state index contributed by atoms with van der Waals surface area (Å²) >= 11 is 0. The Morgan fingerprint density at radius 1 is 1.43 bits per heavy atom. The van der Waals surface area contributed by atoms with Crippen molar-refractivity contribution in [2.24, 2.45) is 0 Å². The van der Waals surface area contributed by atoms with Crippen LogP contribution in [0.15, 0.2) is 36.4 Å². The van der Waals surface area contributed by atoms with Gasteiger partial charge in [-0.05, 0) is 31.2 Å². The first-order valence-electron chi connectivity index (χ1n) is 4.55. The Morgan fingerprint density at radius 3 is 2.57 bits per heavy atom. The van der Waals surface area contributed by atoms with Crippen LogP contribution in [0.2, 0.25) is 0 Å². The van der Waals surface area contributed by atoms with Crippen LogP contribution in [0.5, 0.6) is 5.75 Å². The van der Waals surface area contributed by atoms with Crippen LogP contribution in [0, 0.1) is 0 Å². The van der Waals surface area contributed by atoms with Gasteiger partial charge in [0.05, 0.1) is 6.61 Å². The van der Waals surface area contributed by atoms with Crippen molar-refractivity contribution < 1.29 is 9.53 Å². The second-order valence-electron chi connectivity index (χ2n) is 3.24. The molecule has 14 heavy (non-hydrogen) atoms. The molecule has 0 saturated carbocycles. The summed E-state index contributed by atoms with van der Waals surface area (Å²) in [5.74, 6) is 0.789. The molecule has 0 bridgehead atoms. The van der Waals surface area contributed by atoms with Crippen molar-refractivity contribution in [3.05, 3.63) is 42.0 Å². The fourth-order valence-electron chi connectivity index (χ4n) is 0.986.